The zero-order valence-electron chi connectivity index (χ0n) is 10.0. The normalized spacial score (nSPS) is 10.8. The van der Waals surface area contributed by atoms with Gasteiger partial charge in [0.25, 0.3) is 5.78 Å². The van der Waals surface area contributed by atoms with Gasteiger partial charge in [-0.25, -0.2) is 4.98 Å². The zero-order chi connectivity index (χ0) is 13.4. The van der Waals surface area contributed by atoms with E-state index in [0.717, 1.165) is 5.69 Å². The van der Waals surface area contributed by atoms with Crippen LogP contribution in [0.25, 0.3) is 5.78 Å². The lowest BCUT2D eigenvalue weighted by atomic mass is 10.3. The molecule has 6 nitrogen and oxygen atoms in total. The third-order valence-electron chi connectivity index (χ3n) is 2.60. The fourth-order valence-electron chi connectivity index (χ4n) is 1.77. The summed E-state index contributed by atoms with van der Waals surface area (Å²) in [6.45, 7) is 1.86. The molecule has 0 aliphatic rings. The van der Waals surface area contributed by atoms with E-state index in [0.29, 0.717) is 22.3 Å². The Hall–Kier alpha value is -2.34. The number of benzene rings is 1. The van der Waals surface area contributed by atoms with E-state index in [2.05, 4.69) is 20.4 Å². The molecule has 1 aromatic carbocycles. The average molecular weight is 276 g/mol. The predicted octanol–water partition coefficient (Wildman–Crippen LogP) is 2.54. The van der Waals surface area contributed by atoms with Gasteiger partial charge in [0.2, 0.25) is 0 Å². The molecule has 0 aliphatic carbocycles. The highest BCUT2D eigenvalue weighted by atomic mass is 35.5. The van der Waals surface area contributed by atoms with Crippen molar-refractivity contribution in [3.8, 4) is 5.75 Å². The van der Waals surface area contributed by atoms with Gasteiger partial charge in [-0.2, -0.15) is 14.6 Å². The summed E-state index contributed by atoms with van der Waals surface area (Å²) in [5, 5.41) is 17.5. The number of phenolic OH excluding ortho intramolecular Hbond substituents is 1. The Bertz CT molecular complexity index is 755. The molecular weight excluding hydrogens is 266 g/mol. The molecule has 3 rings (SSSR count). The van der Waals surface area contributed by atoms with Gasteiger partial charge in [0.1, 0.15) is 17.9 Å². The van der Waals surface area contributed by atoms with Crippen molar-refractivity contribution in [1.82, 2.24) is 19.6 Å². The molecule has 7 heteroatoms. The smallest absolute Gasteiger partial charge is 0.254 e. The summed E-state index contributed by atoms with van der Waals surface area (Å²) in [6.07, 6.45) is 1.42. The van der Waals surface area contributed by atoms with Gasteiger partial charge in [-0.05, 0) is 25.1 Å². The summed E-state index contributed by atoms with van der Waals surface area (Å²) in [4.78, 5) is 8.27. The number of aryl methyl sites for hydroxylation is 1. The van der Waals surface area contributed by atoms with E-state index in [9.17, 15) is 5.11 Å². The number of nitrogens with one attached hydrogen (secondary N) is 1. The monoisotopic (exact) mass is 275 g/mol. The van der Waals surface area contributed by atoms with E-state index in [4.69, 9.17) is 11.6 Å². The predicted molar refractivity (Wildman–Crippen MR) is 71.9 cm³/mol. The molecule has 0 aliphatic heterocycles. The first-order valence-electron chi connectivity index (χ1n) is 5.56. The first kappa shape index (κ1) is 11.7. The molecule has 0 atom stereocenters. The molecular formula is C12H10ClN5O. The maximum atomic E-state index is 9.81. The second kappa shape index (κ2) is 4.40. The second-order valence-electron chi connectivity index (χ2n) is 4.04. The van der Waals surface area contributed by atoms with Gasteiger partial charge in [-0.3, -0.25) is 0 Å². The fourth-order valence-corrected chi connectivity index (χ4v) is 1.94. The second-order valence-corrected chi connectivity index (χ2v) is 4.48. The molecule has 3 aromatic rings. The molecule has 2 heterocycles. The largest absolute Gasteiger partial charge is 0.506 e. The van der Waals surface area contributed by atoms with E-state index in [1.165, 1.54) is 12.4 Å². The highest BCUT2D eigenvalue weighted by Crippen LogP contribution is 2.29. The summed E-state index contributed by atoms with van der Waals surface area (Å²) < 4.78 is 1.55. The molecule has 0 fully saturated rings. The minimum atomic E-state index is 0.104. The third kappa shape index (κ3) is 2.17. The number of hydrogen-bond donors (Lipinski definition) is 2. The van der Waals surface area contributed by atoms with Crippen molar-refractivity contribution < 1.29 is 5.11 Å². The van der Waals surface area contributed by atoms with Crippen LogP contribution < -0.4 is 5.32 Å². The van der Waals surface area contributed by atoms with Gasteiger partial charge in [0.15, 0.2) is 0 Å². The highest BCUT2D eigenvalue weighted by molar-refractivity contribution is 6.30. The summed E-state index contributed by atoms with van der Waals surface area (Å²) in [7, 11) is 0. The van der Waals surface area contributed by atoms with Crippen LogP contribution >= 0.6 is 11.6 Å². The number of fused-ring (bicyclic) bond motifs is 1. The number of aromatic nitrogens is 4. The topological polar surface area (TPSA) is 75.3 Å². The van der Waals surface area contributed by atoms with Crippen LogP contribution in [-0.4, -0.2) is 24.7 Å². The lowest BCUT2D eigenvalue weighted by Gasteiger charge is -2.10. The fraction of sp³-hybridized carbons (Fsp3) is 0.0833. The van der Waals surface area contributed by atoms with Gasteiger partial charge in [0.05, 0.1) is 5.69 Å². The van der Waals surface area contributed by atoms with Crippen LogP contribution in [0.3, 0.4) is 0 Å². The summed E-state index contributed by atoms with van der Waals surface area (Å²) in [5.74, 6) is 1.24. The molecule has 0 amide bonds. The van der Waals surface area contributed by atoms with Crippen LogP contribution in [0.1, 0.15) is 5.69 Å². The Balaban J connectivity index is 2.10. The van der Waals surface area contributed by atoms with Gasteiger partial charge in [-0.15, -0.1) is 0 Å². The first-order chi connectivity index (χ1) is 9.13. The Morgan fingerprint density at radius 3 is 3.00 bits per heavy atom. The zero-order valence-corrected chi connectivity index (χ0v) is 10.8. The van der Waals surface area contributed by atoms with E-state index in [1.54, 1.807) is 16.6 Å². The molecule has 0 bridgehead atoms. The lowest BCUT2D eigenvalue weighted by molar-refractivity contribution is 0.477. The Morgan fingerprint density at radius 2 is 2.16 bits per heavy atom. The number of aromatic hydroxyl groups is 1. The third-order valence-corrected chi connectivity index (χ3v) is 2.84. The summed E-state index contributed by atoms with van der Waals surface area (Å²) in [5.41, 5.74) is 1.29. The van der Waals surface area contributed by atoms with Crippen LogP contribution in [0, 0.1) is 6.92 Å². The number of halogens is 1. The van der Waals surface area contributed by atoms with Crippen LogP contribution in [0.15, 0.2) is 30.6 Å². The van der Waals surface area contributed by atoms with Crippen molar-refractivity contribution in [2.75, 3.05) is 5.32 Å². The van der Waals surface area contributed by atoms with Crippen LogP contribution in [0.5, 0.6) is 5.75 Å². The SMILES string of the molecule is Cc1cc(Nc2cc(Cl)ccc2O)n2ncnc2n1. The molecule has 0 spiro atoms. The van der Waals surface area contributed by atoms with Crippen molar-refractivity contribution in [3.05, 3.63) is 41.3 Å². The molecule has 2 N–H and O–H groups in total. The van der Waals surface area contributed by atoms with Crippen molar-refractivity contribution >= 4 is 28.9 Å². The van der Waals surface area contributed by atoms with Crippen molar-refractivity contribution in [2.45, 2.75) is 6.92 Å². The van der Waals surface area contributed by atoms with Gasteiger partial charge in [-0.1, -0.05) is 11.6 Å². The maximum Gasteiger partial charge on any atom is 0.254 e. The first-order valence-corrected chi connectivity index (χ1v) is 5.94. The number of hydrogen-bond acceptors (Lipinski definition) is 5. The Morgan fingerprint density at radius 1 is 1.32 bits per heavy atom. The average Bonchev–Trinajstić information content (AvgIpc) is 2.82. The summed E-state index contributed by atoms with van der Waals surface area (Å²) in [6, 6.07) is 6.58. The molecule has 0 unspecified atom stereocenters. The number of anilines is 2. The minimum Gasteiger partial charge on any atom is -0.506 e. The number of phenols is 1. The Kier molecular flexibility index (Phi) is 2.72. The van der Waals surface area contributed by atoms with Crippen molar-refractivity contribution in [2.24, 2.45) is 0 Å². The van der Waals surface area contributed by atoms with Crippen LogP contribution in [0.4, 0.5) is 11.5 Å². The van der Waals surface area contributed by atoms with E-state index in [1.807, 2.05) is 13.0 Å². The van der Waals surface area contributed by atoms with E-state index in [-0.39, 0.29) is 5.75 Å². The molecule has 0 radical (unpaired) electrons. The van der Waals surface area contributed by atoms with Crippen LogP contribution in [-0.2, 0) is 0 Å². The summed E-state index contributed by atoms with van der Waals surface area (Å²) >= 11 is 5.91. The van der Waals surface area contributed by atoms with Gasteiger partial charge in [0, 0.05) is 16.8 Å². The van der Waals surface area contributed by atoms with Gasteiger partial charge >= 0.3 is 0 Å². The van der Waals surface area contributed by atoms with Crippen molar-refractivity contribution in [1.29, 1.82) is 0 Å². The standard InChI is InChI=1S/C12H10ClN5O/c1-7-4-11(18-12(16-7)14-6-15-18)17-9-5-8(13)2-3-10(9)19/h2-6,17,19H,1H3. The highest BCUT2D eigenvalue weighted by Gasteiger charge is 2.08. The van der Waals surface area contributed by atoms with Gasteiger partial charge < -0.3 is 10.4 Å². The van der Waals surface area contributed by atoms with E-state index < -0.39 is 0 Å². The quantitative estimate of drug-likeness (QED) is 0.703. The molecule has 19 heavy (non-hydrogen) atoms. The number of rotatable bonds is 2. The molecule has 0 saturated carbocycles. The molecule has 2 aromatic heterocycles. The minimum absolute atomic E-state index is 0.104. The van der Waals surface area contributed by atoms with Crippen LogP contribution in [0.2, 0.25) is 5.02 Å². The van der Waals surface area contributed by atoms with E-state index >= 15 is 0 Å². The molecule has 0 saturated heterocycles. The lowest BCUT2D eigenvalue weighted by Crippen LogP contribution is -2.02. The Labute approximate surface area is 113 Å². The molecule has 96 valence electrons. The number of nitrogens with zero attached hydrogens (tertiary/aromatic N) is 4. The maximum absolute atomic E-state index is 9.81. The van der Waals surface area contributed by atoms with Crippen molar-refractivity contribution in [3.63, 3.8) is 0 Å².